The largest absolute Gasteiger partial charge is 0.475 e. The SMILES string of the molecule is CC(C)Oc1cc(N(C)CC2CCNCC2)ncn1. The van der Waals surface area contributed by atoms with Crippen molar-refractivity contribution in [3.63, 3.8) is 0 Å². The lowest BCUT2D eigenvalue weighted by Crippen LogP contribution is -2.34. The molecule has 0 unspecified atom stereocenters. The van der Waals surface area contributed by atoms with Crippen LogP contribution in [0.1, 0.15) is 26.7 Å². The van der Waals surface area contributed by atoms with E-state index in [1.54, 1.807) is 6.33 Å². The van der Waals surface area contributed by atoms with Crippen LogP contribution in [0, 0.1) is 5.92 Å². The highest BCUT2D eigenvalue weighted by Gasteiger charge is 2.16. The first kappa shape index (κ1) is 14.1. The first-order valence-electron chi connectivity index (χ1n) is 7.05. The minimum atomic E-state index is 0.137. The van der Waals surface area contributed by atoms with Gasteiger partial charge in [-0.15, -0.1) is 0 Å². The van der Waals surface area contributed by atoms with Gasteiger partial charge in [0.2, 0.25) is 5.88 Å². The van der Waals surface area contributed by atoms with Crippen LogP contribution in [0.3, 0.4) is 0 Å². The lowest BCUT2D eigenvalue weighted by Gasteiger charge is -2.28. The molecule has 0 atom stereocenters. The zero-order valence-corrected chi connectivity index (χ0v) is 12.1. The second-order valence-corrected chi connectivity index (χ2v) is 5.45. The summed E-state index contributed by atoms with van der Waals surface area (Å²) in [5.74, 6) is 2.33. The average molecular weight is 264 g/mol. The Morgan fingerprint density at radius 1 is 1.37 bits per heavy atom. The van der Waals surface area contributed by atoms with Crippen LogP contribution < -0.4 is 15.0 Å². The maximum absolute atomic E-state index is 5.61. The summed E-state index contributed by atoms with van der Waals surface area (Å²) in [6, 6.07) is 1.92. The molecule has 2 heterocycles. The van der Waals surface area contributed by atoms with Gasteiger partial charge in [-0.05, 0) is 45.7 Å². The van der Waals surface area contributed by atoms with E-state index in [1.165, 1.54) is 12.8 Å². The second kappa shape index (κ2) is 6.70. The van der Waals surface area contributed by atoms with E-state index in [1.807, 2.05) is 19.9 Å². The molecule has 5 nitrogen and oxygen atoms in total. The number of aromatic nitrogens is 2. The van der Waals surface area contributed by atoms with Crippen LogP contribution in [0.25, 0.3) is 0 Å². The van der Waals surface area contributed by atoms with Gasteiger partial charge in [-0.25, -0.2) is 9.97 Å². The molecule has 1 fully saturated rings. The molecule has 0 saturated carbocycles. The van der Waals surface area contributed by atoms with Gasteiger partial charge in [0.1, 0.15) is 12.1 Å². The predicted octanol–water partition coefficient (Wildman–Crippen LogP) is 1.70. The van der Waals surface area contributed by atoms with E-state index in [2.05, 4.69) is 27.2 Å². The molecule has 1 aromatic heterocycles. The van der Waals surface area contributed by atoms with Gasteiger partial charge in [0.25, 0.3) is 0 Å². The maximum Gasteiger partial charge on any atom is 0.218 e. The molecule has 1 aliphatic rings. The number of hydrogen-bond acceptors (Lipinski definition) is 5. The summed E-state index contributed by atoms with van der Waals surface area (Å²) >= 11 is 0. The topological polar surface area (TPSA) is 50.3 Å². The Kier molecular flexibility index (Phi) is 4.96. The van der Waals surface area contributed by atoms with Crippen molar-refractivity contribution in [1.29, 1.82) is 0 Å². The summed E-state index contributed by atoms with van der Waals surface area (Å²) in [5, 5.41) is 3.39. The molecule has 0 amide bonds. The van der Waals surface area contributed by atoms with Gasteiger partial charge in [0.05, 0.1) is 6.10 Å². The number of anilines is 1. The zero-order chi connectivity index (χ0) is 13.7. The van der Waals surface area contributed by atoms with Crippen LogP contribution in [0.15, 0.2) is 12.4 Å². The van der Waals surface area contributed by atoms with Crippen molar-refractivity contribution in [3.05, 3.63) is 12.4 Å². The quantitative estimate of drug-likeness (QED) is 0.877. The van der Waals surface area contributed by atoms with Gasteiger partial charge in [-0.1, -0.05) is 0 Å². The molecule has 0 bridgehead atoms. The van der Waals surface area contributed by atoms with Crippen LogP contribution in [0.5, 0.6) is 5.88 Å². The highest BCUT2D eigenvalue weighted by Crippen LogP contribution is 2.19. The third-order valence-electron chi connectivity index (χ3n) is 3.37. The van der Waals surface area contributed by atoms with Gasteiger partial charge in [0, 0.05) is 19.7 Å². The predicted molar refractivity (Wildman–Crippen MR) is 76.7 cm³/mol. The van der Waals surface area contributed by atoms with E-state index in [0.29, 0.717) is 5.88 Å². The van der Waals surface area contributed by atoms with Gasteiger partial charge in [0.15, 0.2) is 0 Å². The number of nitrogens with zero attached hydrogens (tertiary/aromatic N) is 3. The average Bonchev–Trinajstić information content (AvgIpc) is 2.39. The smallest absolute Gasteiger partial charge is 0.218 e. The molecule has 1 aromatic rings. The summed E-state index contributed by atoms with van der Waals surface area (Å²) in [6.07, 6.45) is 4.19. The van der Waals surface area contributed by atoms with Crippen molar-refractivity contribution in [3.8, 4) is 5.88 Å². The van der Waals surface area contributed by atoms with Crippen molar-refractivity contribution in [2.24, 2.45) is 5.92 Å². The van der Waals surface area contributed by atoms with Crippen molar-refractivity contribution in [2.75, 3.05) is 31.6 Å². The van der Waals surface area contributed by atoms with Crippen molar-refractivity contribution < 1.29 is 4.74 Å². The highest BCUT2D eigenvalue weighted by atomic mass is 16.5. The van der Waals surface area contributed by atoms with E-state index < -0.39 is 0 Å². The molecule has 0 aromatic carbocycles. The number of ether oxygens (including phenoxy) is 1. The molecule has 1 aliphatic heterocycles. The summed E-state index contributed by atoms with van der Waals surface area (Å²) in [5.41, 5.74) is 0. The molecule has 0 radical (unpaired) electrons. The van der Waals surface area contributed by atoms with Crippen molar-refractivity contribution in [1.82, 2.24) is 15.3 Å². The molecule has 1 N–H and O–H groups in total. The fourth-order valence-electron chi connectivity index (χ4n) is 2.39. The zero-order valence-electron chi connectivity index (χ0n) is 12.1. The summed E-state index contributed by atoms with van der Waals surface area (Å²) in [6.45, 7) is 7.30. The highest BCUT2D eigenvalue weighted by molar-refractivity contribution is 5.39. The number of nitrogens with one attached hydrogen (secondary N) is 1. The number of piperidine rings is 1. The molecule has 19 heavy (non-hydrogen) atoms. The lowest BCUT2D eigenvalue weighted by atomic mass is 9.98. The van der Waals surface area contributed by atoms with E-state index >= 15 is 0 Å². The van der Waals surface area contributed by atoms with Gasteiger partial charge < -0.3 is 15.0 Å². The van der Waals surface area contributed by atoms with Crippen molar-refractivity contribution >= 4 is 5.82 Å². The van der Waals surface area contributed by atoms with E-state index in [4.69, 9.17) is 4.74 Å². The number of rotatable bonds is 5. The number of hydrogen-bond donors (Lipinski definition) is 1. The Balaban J connectivity index is 1.95. The van der Waals surface area contributed by atoms with Crippen LogP contribution in [-0.2, 0) is 0 Å². The van der Waals surface area contributed by atoms with Crippen LogP contribution >= 0.6 is 0 Å². The minimum Gasteiger partial charge on any atom is -0.475 e. The first-order valence-corrected chi connectivity index (χ1v) is 7.05. The Hall–Kier alpha value is -1.36. The van der Waals surface area contributed by atoms with Gasteiger partial charge in [-0.3, -0.25) is 0 Å². The Labute approximate surface area is 115 Å². The van der Waals surface area contributed by atoms with E-state index in [9.17, 15) is 0 Å². The van der Waals surface area contributed by atoms with Gasteiger partial charge in [-0.2, -0.15) is 0 Å². The fourth-order valence-corrected chi connectivity index (χ4v) is 2.39. The molecule has 1 saturated heterocycles. The van der Waals surface area contributed by atoms with Crippen molar-refractivity contribution in [2.45, 2.75) is 32.8 Å². The van der Waals surface area contributed by atoms with Crippen LogP contribution in [-0.4, -0.2) is 42.8 Å². The van der Waals surface area contributed by atoms with E-state index in [-0.39, 0.29) is 6.10 Å². The molecular weight excluding hydrogens is 240 g/mol. The normalized spacial score (nSPS) is 16.6. The summed E-state index contributed by atoms with van der Waals surface area (Å²) < 4.78 is 5.61. The molecular formula is C14H24N4O. The molecule has 0 spiro atoms. The summed E-state index contributed by atoms with van der Waals surface area (Å²) in [7, 11) is 2.09. The van der Waals surface area contributed by atoms with Crippen LogP contribution in [0.4, 0.5) is 5.82 Å². The lowest BCUT2D eigenvalue weighted by molar-refractivity contribution is 0.232. The molecule has 5 heteroatoms. The van der Waals surface area contributed by atoms with Crippen LogP contribution in [0.2, 0.25) is 0 Å². The molecule has 0 aliphatic carbocycles. The Morgan fingerprint density at radius 2 is 2.11 bits per heavy atom. The van der Waals surface area contributed by atoms with Gasteiger partial charge >= 0.3 is 0 Å². The Morgan fingerprint density at radius 3 is 2.79 bits per heavy atom. The Bertz CT molecular complexity index is 391. The standard InChI is InChI=1S/C14H24N4O/c1-11(2)19-14-8-13(16-10-17-14)18(3)9-12-4-6-15-7-5-12/h8,10-12,15H,4-7,9H2,1-3H3. The second-order valence-electron chi connectivity index (χ2n) is 5.45. The first-order chi connectivity index (χ1) is 9.15. The monoisotopic (exact) mass is 264 g/mol. The fraction of sp³-hybridized carbons (Fsp3) is 0.714. The summed E-state index contributed by atoms with van der Waals surface area (Å²) in [4.78, 5) is 10.7. The van der Waals surface area contributed by atoms with E-state index in [0.717, 1.165) is 31.4 Å². The molecule has 106 valence electrons. The minimum absolute atomic E-state index is 0.137. The molecule has 2 rings (SSSR count). The third-order valence-corrected chi connectivity index (χ3v) is 3.37. The third kappa shape index (κ3) is 4.35. The maximum atomic E-state index is 5.61.